The topological polar surface area (TPSA) is 25.3 Å². The third kappa shape index (κ3) is 37.4. The van der Waals surface area contributed by atoms with E-state index in [0.29, 0.717) is 0 Å². The summed E-state index contributed by atoms with van der Waals surface area (Å²) in [6.45, 7) is 18.3. The fourth-order valence-corrected chi connectivity index (χ4v) is 14.3. The van der Waals surface area contributed by atoms with Gasteiger partial charge in [0.2, 0.25) is 11.4 Å². The maximum atomic E-state index is 12.3. The molecule has 3 heteroatoms. The first-order valence-corrected chi connectivity index (χ1v) is 38.8. The van der Waals surface area contributed by atoms with Crippen LogP contribution in [0.15, 0.2) is 47.5 Å². The first-order valence-electron chi connectivity index (χ1n) is 36.6. The number of rotatable bonds is 56. The van der Waals surface area contributed by atoms with Gasteiger partial charge in [0.05, 0.1) is 0 Å². The molecule has 0 atom stereocenters. The SMILES string of the molecule is CCCCCCCCCCCCCCCCC[CH2][Pd][CH2]CCCCCCCCCCCCCCCCC.CCCCCCc1cc(CCCCCC)cc(C2=C(CCCC)C(CC)=C(c3cc(CCCC)cc(CCCC)c3)[N+]2=[N-])c1. The van der Waals surface area contributed by atoms with E-state index in [1.165, 1.54) is 327 Å². The fourth-order valence-electron chi connectivity index (χ4n) is 12.4. The minimum absolute atomic E-state index is 0.930. The zero-order valence-corrected chi connectivity index (χ0v) is 57.4. The van der Waals surface area contributed by atoms with Crippen molar-refractivity contribution in [1.29, 1.82) is 0 Å². The Bertz CT molecular complexity index is 1740. The van der Waals surface area contributed by atoms with Gasteiger partial charge in [-0.15, -0.1) is 0 Å². The van der Waals surface area contributed by atoms with Crippen LogP contribution in [0.2, 0.25) is 9.79 Å². The van der Waals surface area contributed by atoms with Crippen LogP contribution in [0.5, 0.6) is 0 Å². The van der Waals surface area contributed by atoms with Gasteiger partial charge in [-0.25, -0.2) is 4.70 Å². The smallest absolute Gasteiger partial charge is 0.493 e. The second-order valence-corrected chi connectivity index (χ2v) is 27.7. The predicted molar refractivity (Wildman–Crippen MR) is 362 cm³/mol. The molecule has 0 aliphatic carbocycles. The Kier molecular flexibility index (Phi) is 50.9. The molecule has 0 unspecified atom stereocenters. The molecule has 0 amide bonds. The number of aryl methyl sites for hydroxylation is 4. The van der Waals surface area contributed by atoms with E-state index >= 15 is 0 Å². The van der Waals surface area contributed by atoms with Gasteiger partial charge >= 0.3 is 169 Å². The number of benzene rings is 2. The predicted octanol–water partition coefficient (Wildman–Crippen LogP) is 27.8. The van der Waals surface area contributed by atoms with E-state index in [-0.39, 0.29) is 0 Å². The van der Waals surface area contributed by atoms with Gasteiger partial charge in [-0.1, -0.05) is 190 Å². The Morgan fingerprint density at radius 3 is 0.778 bits per heavy atom. The summed E-state index contributed by atoms with van der Waals surface area (Å²) in [6, 6.07) is 14.5. The molecule has 3 rings (SSSR count). The van der Waals surface area contributed by atoms with E-state index in [1.54, 1.807) is 14.5 Å². The average Bonchev–Trinajstić information content (AvgIpc) is 4.06. The van der Waals surface area contributed by atoms with Crippen molar-refractivity contribution in [2.24, 2.45) is 0 Å². The summed E-state index contributed by atoms with van der Waals surface area (Å²) in [6.07, 6.45) is 71.3. The van der Waals surface area contributed by atoms with Crippen LogP contribution in [-0.4, -0.2) is 4.70 Å². The number of nitrogens with zero attached hydrogens (tertiary/aromatic N) is 2. The summed E-state index contributed by atoms with van der Waals surface area (Å²) in [7, 11) is 0. The van der Waals surface area contributed by atoms with Crippen molar-refractivity contribution in [1.82, 2.24) is 0 Å². The summed E-state index contributed by atoms with van der Waals surface area (Å²) in [5.74, 6) is 0. The van der Waals surface area contributed by atoms with Crippen LogP contribution in [0.25, 0.3) is 16.9 Å². The third-order valence-electron chi connectivity index (χ3n) is 17.6. The molecule has 0 saturated carbocycles. The van der Waals surface area contributed by atoms with Gasteiger partial charge in [0.1, 0.15) is 0 Å². The van der Waals surface area contributed by atoms with Crippen LogP contribution in [0, 0.1) is 0 Å². The zero-order chi connectivity index (χ0) is 58.5. The minimum atomic E-state index is 0.930. The van der Waals surface area contributed by atoms with Crippen LogP contribution in [0.1, 0.15) is 397 Å². The second kappa shape index (κ2) is 54.8. The van der Waals surface area contributed by atoms with E-state index in [2.05, 4.69) is 91.8 Å². The molecule has 0 spiro atoms. The first-order chi connectivity index (χ1) is 39.9. The van der Waals surface area contributed by atoms with Gasteiger partial charge in [-0.05, 0) is 117 Å². The molecule has 0 aromatic heterocycles. The van der Waals surface area contributed by atoms with Gasteiger partial charge < -0.3 is 5.53 Å². The molecule has 2 aromatic rings. The van der Waals surface area contributed by atoms with Crippen LogP contribution in [-0.2, 0) is 43.7 Å². The molecule has 1 aliphatic heterocycles. The molecule has 1 aliphatic rings. The van der Waals surface area contributed by atoms with Crippen LogP contribution in [0.3, 0.4) is 0 Å². The van der Waals surface area contributed by atoms with E-state index in [0.717, 1.165) is 80.7 Å². The van der Waals surface area contributed by atoms with E-state index < -0.39 is 0 Å². The van der Waals surface area contributed by atoms with Crippen molar-refractivity contribution in [2.75, 3.05) is 0 Å². The molecule has 81 heavy (non-hydrogen) atoms. The van der Waals surface area contributed by atoms with Crippen molar-refractivity contribution < 1.29 is 22.7 Å². The molecule has 2 aromatic carbocycles. The van der Waals surface area contributed by atoms with Gasteiger partial charge in [-0.2, -0.15) is 0 Å². The van der Waals surface area contributed by atoms with Crippen molar-refractivity contribution in [2.45, 2.75) is 399 Å². The molecule has 0 radical (unpaired) electrons. The summed E-state index contributed by atoms with van der Waals surface area (Å²) in [4.78, 5) is 3.09. The summed E-state index contributed by atoms with van der Waals surface area (Å²) >= 11 is 1.06. The van der Waals surface area contributed by atoms with E-state index in [1.807, 2.05) is 0 Å². The Labute approximate surface area is 516 Å². The normalized spacial score (nSPS) is 12.7. The van der Waals surface area contributed by atoms with Gasteiger partial charge in [-0.3, -0.25) is 0 Å². The standard InChI is InChI=1S/C42H64N2.2C18H37.Pd/c1-7-13-18-20-24-35-28-36(25-21-19-14-8-2)32-38(31-35)42-40(26-17-11-5)39(12-6)41(44(42)43)37-29-33(22-15-9-3)27-34(30-37)23-16-10-4;2*1-3-5-7-9-11-13-15-17-18-16-14-12-10-8-6-4-2;/h27-32H,7-26H2,1-6H3;2*1,3-18H2,2H3;. The molecule has 0 N–H and O–H groups in total. The first kappa shape index (κ1) is 75.3. The number of hydrogen-bond donors (Lipinski definition) is 0. The third-order valence-corrected chi connectivity index (χ3v) is 19.8. The van der Waals surface area contributed by atoms with Crippen molar-refractivity contribution in [3.05, 3.63) is 86.5 Å². The Hall–Kier alpha value is -1.82. The van der Waals surface area contributed by atoms with Gasteiger partial charge in [0, 0.05) is 22.3 Å². The number of allylic oxidation sites excluding steroid dienone is 2. The molecule has 2 nitrogen and oxygen atoms in total. The number of unbranched alkanes of at least 4 members (excludes halogenated alkanes) is 39. The quantitative estimate of drug-likeness (QED) is 0.0358. The van der Waals surface area contributed by atoms with Crippen LogP contribution < -0.4 is 0 Å². The molecular weight excluding hydrogens is 1070 g/mol. The Morgan fingerprint density at radius 1 is 0.259 bits per heavy atom. The van der Waals surface area contributed by atoms with Crippen molar-refractivity contribution >= 4 is 11.4 Å². The van der Waals surface area contributed by atoms with Gasteiger partial charge in [0.25, 0.3) is 0 Å². The fraction of sp³-hybridized carbons (Fsp3) is 0.795. The van der Waals surface area contributed by atoms with E-state index in [4.69, 9.17) is 0 Å². The molecule has 0 bridgehead atoms. The summed E-state index contributed by atoms with van der Waals surface area (Å²) in [5.41, 5.74) is 25.1. The molecular formula is C78H138N2Pd. The molecule has 0 saturated heterocycles. The minimum Gasteiger partial charge on any atom is -0.493 e. The second-order valence-electron chi connectivity index (χ2n) is 25.4. The Balaban J connectivity index is 0.000000563. The number of hydrogen-bond acceptors (Lipinski definition) is 0. The zero-order valence-electron chi connectivity index (χ0n) is 55.9. The van der Waals surface area contributed by atoms with Crippen molar-refractivity contribution in [3.63, 3.8) is 0 Å². The molecule has 0 fully saturated rings. The van der Waals surface area contributed by atoms with Crippen LogP contribution >= 0.6 is 0 Å². The van der Waals surface area contributed by atoms with Gasteiger partial charge in [0.15, 0.2) is 0 Å². The average molecular weight is 1210 g/mol. The Morgan fingerprint density at radius 2 is 0.494 bits per heavy atom. The summed E-state index contributed by atoms with van der Waals surface area (Å²) < 4.78 is 1.61. The van der Waals surface area contributed by atoms with Crippen LogP contribution in [0.4, 0.5) is 0 Å². The monoisotopic (exact) mass is 1210 g/mol. The van der Waals surface area contributed by atoms with Crippen molar-refractivity contribution in [3.8, 4) is 0 Å². The molecule has 470 valence electrons. The molecule has 1 heterocycles. The van der Waals surface area contributed by atoms with E-state index in [9.17, 15) is 5.53 Å². The maximum absolute atomic E-state index is 12.3. The summed E-state index contributed by atoms with van der Waals surface area (Å²) in [5, 5.41) is 0.